The number of ether oxygens (including phenoxy) is 2. The number of hydrogen-bond donors (Lipinski definition) is 3. The summed E-state index contributed by atoms with van der Waals surface area (Å²) in [5, 5.41) is 13.6. The average Bonchev–Trinajstić information content (AvgIpc) is 3.97. The zero-order valence-corrected chi connectivity index (χ0v) is 24.5. The molecule has 7 rings (SSSR count). The molecule has 1 aromatic carbocycles. The number of nitrogens with two attached hydrogens (primary N) is 1. The van der Waals surface area contributed by atoms with E-state index in [1.165, 1.54) is 31.5 Å². The van der Waals surface area contributed by atoms with Crippen LogP contribution < -0.4 is 20.5 Å². The van der Waals surface area contributed by atoms with Gasteiger partial charge in [-0.15, -0.1) is 0 Å². The zero-order valence-electron chi connectivity index (χ0n) is 24.5. The second-order valence-corrected chi connectivity index (χ2v) is 12.1. The number of halogens is 4. The molecule has 4 aromatic rings. The van der Waals surface area contributed by atoms with Crippen LogP contribution in [0.4, 0.5) is 17.6 Å². The Labute approximate surface area is 259 Å². The molecular weight excluding hydrogens is 610 g/mol. The van der Waals surface area contributed by atoms with Gasteiger partial charge in [0.2, 0.25) is 11.5 Å². The summed E-state index contributed by atoms with van der Waals surface area (Å²) in [4.78, 5) is 34.9. The quantitative estimate of drug-likeness (QED) is 0.234. The number of amides is 2. The maximum Gasteiger partial charge on any atom is 0.424 e. The van der Waals surface area contributed by atoms with Gasteiger partial charge in [0.1, 0.15) is 29.3 Å². The Balaban J connectivity index is 1.29. The molecule has 2 amide bonds. The second kappa shape index (κ2) is 10.4. The molecule has 46 heavy (non-hydrogen) atoms. The Kier molecular flexibility index (Phi) is 6.78. The van der Waals surface area contributed by atoms with E-state index in [-0.39, 0.29) is 46.4 Å². The smallest absolute Gasteiger partial charge is 0.424 e. The number of alkyl halides is 3. The number of hydrogen-bond acceptors (Lipinski definition) is 7. The minimum atomic E-state index is -5.35. The molecule has 240 valence electrons. The monoisotopic (exact) mass is 639 g/mol. The van der Waals surface area contributed by atoms with Crippen molar-refractivity contribution in [2.24, 2.45) is 11.7 Å². The SMILES string of the molecule is COc1cc(C(=O)NC[C@](O)(c2cc3c(c(-c4ccc(F)cc4)n2)OC[C@]3(C(N)=O)C2CC2)C(F)(F)F)cn2cc(C3CC3)nc12. The average molecular weight is 640 g/mol. The first-order valence-electron chi connectivity index (χ1n) is 14.7. The molecule has 0 unspecified atom stereocenters. The van der Waals surface area contributed by atoms with E-state index in [1.807, 2.05) is 0 Å². The summed E-state index contributed by atoms with van der Waals surface area (Å²) in [7, 11) is 1.39. The van der Waals surface area contributed by atoms with Gasteiger partial charge in [0.25, 0.3) is 5.91 Å². The van der Waals surface area contributed by atoms with Gasteiger partial charge in [-0.1, -0.05) is 0 Å². The number of nitrogens with zero attached hydrogens (tertiary/aromatic N) is 3. The van der Waals surface area contributed by atoms with Gasteiger partial charge in [-0.05, 0) is 68.0 Å². The standard InChI is InChI=1S/C32H29F4N5O5/c1-45-23-10-18(12-41-13-22(16-2-3-16)39-27(23)41)28(42)38-14-31(44,32(34,35)36)24-11-21-26(25(40-24)17-4-8-20(33)9-5-17)46-15-30(21,29(37)43)19-6-7-19/h4-5,8-13,16,19,44H,2-3,6-7,14-15H2,1H3,(H2,37,43)(H,38,42)/t30-,31-/m0/s1. The molecule has 0 saturated heterocycles. The van der Waals surface area contributed by atoms with Gasteiger partial charge in [-0.25, -0.2) is 14.4 Å². The molecule has 2 atom stereocenters. The number of carbonyl (C=O) groups excluding carboxylic acids is 2. The van der Waals surface area contributed by atoms with Crippen LogP contribution in [0.1, 0.15) is 58.9 Å². The van der Waals surface area contributed by atoms with Crippen LogP contribution >= 0.6 is 0 Å². The van der Waals surface area contributed by atoms with Gasteiger partial charge in [0.05, 0.1) is 30.6 Å². The van der Waals surface area contributed by atoms with Crippen molar-refractivity contribution >= 4 is 17.5 Å². The predicted molar refractivity (Wildman–Crippen MR) is 155 cm³/mol. The number of pyridine rings is 2. The van der Waals surface area contributed by atoms with Crippen molar-refractivity contribution in [3.05, 3.63) is 77.1 Å². The van der Waals surface area contributed by atoms with Gasteiger partial charge < -0.3 is 30.0 Å². The Morgan fingerprint density at radius 1 is 1.13 bits per heavy atom. The van der Waals surface area contributed by atoms with E-state index in [4.69, 9.17) is 15.2 Å². The maximum atomic E-state index is 14.9. The zero-order chi connectivity index (χ0) is 32.6. The van der Waals surface area contributed by atoms with Crippen LogP contribution in [0.5, 0.6) is 11.5 Å². The van der Waals surface area contributed by atoms with Gasteiger partial charge in [0.15, 0.2) is 11.4 Å². The summed E-state index contributed by atoms with van der Waals surface area (Å²) in [6, 6.07) is 7.14. The molecule has 0 bridgehead atoms. The van der Waals surface area contributed by atoms with Crippen LogP contribution in [-0.4, -0.2) is 57.7 Å². The third kappa shape index (κ3) is 4.73. The van der Waals surface area contributed by atoms with Crippen molar-refractivity contribution in [2.45, 2.75) is 48.8 Å². The lowest BCUT2D eigenvalue weighted by molar-refractivity contribution is -0.265. The van der Waals surface area contributed by atoms with Crippen LogP contribution in [0.25, 0.3) is 16.9 Å². The Morgan fingerprint density at radius 2 is 1.85 bits per heavy atom. The number of rotatable bonds is 9. The lowest BCUT2D eigenvalue weighted by Gasteiger charge is -2.32. The van der Waals surface area contributed by atoms with E-state index >= 15 is 0 Å². The van der Waals surface area contributed by atoms with Crippen LogP contribution in [-0.2, 0) is 15.8 Å². The van der Waals surface area contributed by atoms with Crippen molar-refractivity contribution in [3.8, 4) is 22.8 Å². The molecule has 4 heterocycles. The van der Waals surface area contributed by atoms with Gasteiger partial charge >= 0.3 is 6.18 Å². The van der Waals surface area contributed by atoms with Crippen molar-refractivity contribution in [1.29, 1.82) is 0 Å². The number of primary amides is 1. The molecule has 4 N–H and O–H groups in total. The lowest BCUT2D eigenvalue weighted by atomic mass is 9.76. The number of methoxy groups -OCH3 is 1. The fourth-order valence-corrected chi connectivity index (χ4v) is 6.19. The Morgan fingerprint density at radius 3 is 2.46 bits per heavy atom. The number of carbonyl (C=O) groups is 2. The lowest BCUT2D eigenvalue weighted by Crippen LogP contribution is -2.52. The summed E-state index contributed by atoms with van der Waals surface area (Å²) in [5.74, 6) is -1.99. The first kappa shape index (κ1) is 30.0. The van der Waals surface area contributed by atoms with Gasteiger partial charge in [-0.3, -0.25) is 9.59 Å². The normalized spacial score (nSPS) is 20.6. The Hall–Kier alpha value is -4.72. The van der Waals surface area contributed by atoms with Crippen LogP contribution in [0.2, 0.25) is 0 Å². The third-order valence-corrected chi connectivity index (χ3v) is 9.14. The second-order valence-electron chi connectivity index (χ2n) is 12.1. The minimum Gasteiger partial charge on any atom is -0.493 e. The summed E-state index contributed by atoms with van der Waals surface area (Å²) in [6.07, 6.45) is 1.000. The van der Waals surface area contributed by atoms with Gasteiger partial charge in [0, 0.05) is 29.4 Å². The van der Waals surface area contributed by atoms with Crippen LogP contribution in [0.3, 0.4) is 0 Å². The highest BCUT2D eigenvalue weighted by Gasteiger charge is 2.60. The number of benzene rings is 1. The number of fused-ring (bicyclic) bond motifs is 2. The molecule has 1 aliphatic heterocycles. The number of aromatic nitrogens is 3. The molecule has 3 aromatic heterocycles. The fraction of sp³-hybridized carbons (Fsp3) is 0.375. The molecule has 0 radical (unpaired) electrons. The summed E-state index contributed by atoms with van der Waals surface area (Å²) >= 11 is 0. The summed E-state index contributed by atoms with van der Waals surface area (Å²) in [5.41, 5.74) is 1.16. The maximum absolute atomic E-state index is 14.9. The molecule has 3 aliphatic rings. The molecule has 2 aliphatic carbocycles. The summed E-state index contributed by atoms with van der Waals surface area (Å²) in [6.45, 7) is -1.54. The molecule has 2 saturated carbocycles. The first-order chi connectivity index (χ1) is 21.9. The van der Waals surface area contributed by atoms with E-state index in [9.17, 15) is 32.3 Å². The van der Waals surface area contributed by atoms with E-state index < -0.39 is 47.1 Å². The topological polar surface area (TPSA) is 141 Å². The predicted octanol–water partition coefficient (Wildman–Crippen LogP) is 4.13. The van der Waals surface area contributed by atoms with Crippen molar-refractivity contribution in [3.63, 3.8) is 0 Å². The first-order valence-corrected chi connectivity index (χ1v) is 14.7. The fourth-order valence-electron chi connectivity index (χ4n) is 6.19. The summed E-state index contributed by atoms with van der Waals surface area (Å²) < 4.78 is 71.2. The van der Waals surface area contributed by atoms with Crippen molar-refractivity contribution < 1.29 is 41.7 Å². The van der Waals surface area contributed by atoms with E-state index in [0.29, 0.717) is 24.4 Å². The number of aliphatic hydroxyl groups is 1. The number of imidazole rings is 1. The van der Waals surface area contributed by atoms with Crippen LogP contribution in [0.15, 0.2) is 48.8 Å². The largest absolute Gasteiger partial charge is 0.493 e. The van der Waals surface area contributed by atoms with Gasteiger partial charge in [-0.2, -0.15) is 13.2 Å². The Bertz CT molecular complexity index is 1890. The highest BCUT2D eigenvalue weighted by molar-refractivity contribution is 5.95. The van der Waals surface area contributed by atoms with Crippen LogP contribution in [0, 0.1) is 11.7 Å². The minimum absolute atomic E-state index is 0.0286. The molecule has 0 spiro atoms. The van der Waals surface area contributed by atoms with E-state index in [0.717, 1.165) is 36.7 Å². The molecular formula is C32H29F4N5O5. The van der Waals surface area contributed by atoms with E-state index in [2.05, 4.69) is 15.3 Å². The molecule has 10 nitrogen and oxygen atoms in total. The van der Waals surface area contributed by atoms with Crippen molar-refractivity contribution in [1.82, 2.24) is 19.7 Å². The molecule has 2 fully saturated rings. The van der Waals surface area contributed by atoms with E-state index in [1.54, 1.807) is 10.6 Å². The highest BCUT2D eigenvalue weighted by Crippen LogP contribution is 2.56. The number of nitrogens with one attached hydrogen (secondary N) is 1. The van der Waals surface area contributed by atoms with Crippen molar-refractivity contribution in [2.75, 3.05) is 20.3 Å². The third-order valence-electron chi connectivity index (χ3n) is 9.14. The highest BCUT2D eigenvalue weighted by atomic mass is 19.4. The molecule has 14 heteroatoms.